The number of nitrogens with one attached hydrogen (secondary N) is 2. The Labute approximate surface area is 281 Å². The molecule has 1 unspecified atom stereocenters. The standard InChI is InChI=1S/C38H46N4O6/c43-33-15-13-30(31-14-16-35(45)40-36(31)33)34(44)24-39-19-6-1-2-7-22-48-29-12-8-11-28(23-29)37(27-9-4-3-5-10-27)42(38(46)47)32-25-41-20-17-26(32)18-21-41/h3-5,8-16,23,26,32,34,37,39,43-44H,1-2,6-7,17-22,24-25H2,(H,40,45)(H,46,47)/t32-,34+,37?/m0/s1. The number of nitrogens with zero attached hydrogens (tertiary/aromatic N) is 2. The number of hydrogen-bond acceptors (Lipinski definition) is 7. The van der Waals surface area contributed by atoms with Crippen LogP contribution in [0.5, 0.6) is 11.5 Å². The zero-order valence-corrected chi connectivity index (χ0v) is 27.3. The lowest BCUT2D eigenvalue weighted by Gasteiger charge is -2.50. The van der Waals surface area contributed by atoms with Gasteiger partial charge in [0.05, 0.1) is 30.3 Å². The van der Waals surface area contributed by atoms with Crippen molar-refractivity contribution in [2.45, 2.75) is 56.7 Å². The van der Waals surface area contributed by atoms with Crippen molar-refractivity contribution in [2.24, 2.45) is 5.92 Å². The maximum atomic E-state index is 12.9. The Kier molecular flexibility index (Phi) is 10.9. The molecular weight excluding hydrogens is 608 g/mol. The zero-order chi connectivity index (χ0) is 33.5. The number of aromatic nitrogens is 1. The van der Waals surface area contributed by atoms with Gasteiger partial charge < -0.3 is 35.3 Å². The van der Waals surface area contributed by atoms with Crippen LogP contribution in [-0.4, -0.2) is 81.6 Å². The van der Waals surface area contributed by atoms with Crippen molar-refractivity contribution in [3.63, 3.8) is 0 Å². The number of H-pyrrole nitrogens is 1. The van der Waals surface area contributed by atoms with Crippen molar-refractivity contribution in [1.82, 2.24) is 20.1 Å². The number of phenols is 1. The molecule has 3 fully saturated rings. The van der Waals surface area contributed by atoms with E-state index in [-0.39, 0.29) is 17.4 Å². The molecule has 0 radical (unpaired) electrons. The quantitative estimate of drug-likeness (QED) is 0.104. The van der Waals surface area contributed by atoms with E-state index in [4.69, 9.17) is 4.74 Å². The Morgan fingerprint density at radius 3 is 2.48 bits per heavy atom. The molecule has 3 atom stereocenters. The van der Waals surface area contributed by atoms with Crippen molar-refractivity contribution in [2.75, 3.05) is 39.3 Å². The van der Waals surface area contributed by atoms with Gasteiger partial charge in [-0.3, -0.25) is 9.69 Å². The summed E-state index contributed by atoms with van der Waals surface area (Å²) in [6.45, 7) is 4.58. The van der Waals surface area contributed by atoms with Gasteiger partial charge in [0.25, 0.3) is 0 Å². The van der Waals surface area contributed by atoms with Crippen molar-refractivity contribution < 1.29 is 24.9 Å². The highest BCUT2D eigenvalue weighted by Gasteiger charge is 2.43. The van der Waals surface area contributed by atoms with Gasteiger partial charge in [-0.25, -0.2) is 4.79 Å². The molecule has 2 bridgehead atoms. The number of aromatic amines is 1. The van der Waals surface area contributed by atoms with Crippen molar-refractivity contribution in [1.29, 1.82) is 0 Å². The first-order valence-corrected chi connectivity index (χ1v) is 17.1. The van der Waals surface area contributed by atoms with Crippen LogP contribution in [0.15, 0.2) is 83.7 Å². The summed E-state index contributed by atoms with van der Waals surface area (Å²) >= 11 is 0. The monoisotopic (exact) mass is 654 g/mol. The molecule has 3 saturated heterocycles. The fourth-order valence-electron chi connectivity index (χ4n) is 7.41. The van der Waals surface area contributed by atoms with E-state index in [2.05, 4.69) is 15.2 Å². The van der Waals surface area contributed by atoms with E-state index >= 15 is 0 Å². The minimum absolute atomic E-state index is 0.0239. The second-order valence-electron chi connectivity index (χ2n) is 13.0. The van der Waals surface area contributed by atoms with Crippen molar-refractivity contribution >= 4 is 17.0 Å². The smallest absolute Gasteiger partial charge is 0.408 e. The summed E-state index contributed by atoms with van der Waals surface area (Å²) in [6, 6.07) is 23.6. The van der Waals surface area contributed by atoms with Gasteiger partial charge in [0.2, 0.25) is 5.56 Å². The van der Waals surface area contributed by atoms with Crippen LogP contribution >= 0.6 is 0 Å². The van der Waals surface area contributed by atoms with Gasteiger partial charge in [0, 0.05) is 24.5 Å². The number of hydrogen-bond donors (Lipinski definition) is 5. The van der Waals surface area contributed by atoms with E-state index < -0.39 is 18.2 Å². The van der Waals surface area contributed by atoms with E-state index in [0.717, 1.165) is 81.6 Å². The second-order valence-corrected chi connectivity index (χ2v) is 13.0. The second kappa shape index (κ2) is 15.7. The lowest BCUT2D eigenvalue weighted by Crippen LogP contribution is -2.59. The summed E-state index contributed by atoms with van der Waals surface area (Å²) in [5.41, 5.74) is 2.55. The molecule has 0 spiro atoms. The Morgan fingerprint density at radius 2 is 1.73 bits per heavy atom. The summed E-state index contributed by atoms with van der Waals surface area (Å²) in [4.78, 5) is 31.3. The third kappa shape index (κ3) is 7.84. The molecule has 1 amide bonds. The average molecular weight is 655 g/mol. The summed E-state index contributed by atoms with van der Waals surface area (Å²) < 4.78 is 6.16. The number of unbranched alkanes of at least 4 members (excludes halogenated alkanes) is 3. The van der Waals surface area contributed by atoms with E-state index in [1.165, 1.54) is 12.1 Å². The zero-order valence-electron chi connectivity index (χ0n) is 27.3. The molecule has 10 heteroatoms. The molecule has 7 rings (SSSR count). The van der Waals surface area contributed by atoms with Crippen LogP contribution in [0.2, 0.25) is 0 Å². The number of pyridine rings is 1. The lowest BCUT2D eigenvalue weighted by molar-refractivity contribution is -0.000811. The number of carboxylic acid groups (broad SMARTS) is 1. The summed E-state index contributed by atoms with van der Waals surface area (Å²) in [6.07, 6.45) is 4.28. The number of rotatable bonds is 15. The number of aliphatic hydroxyl groups excluding tert-OH is 1. The third-order valence-corrected chi connectivity index (χ3v) is 9.89. The molecule has 5 N–H and O–H groups in total. The van der Waals surface area contributed by atoms with E-state index in [0.29, 0.717) is 35.5 Å². The van der Waals surface area contributed by atoms with E-state index in [9.17, 15) is 24.9 Å². The highest BCUT2D eigenvalue weighted by Crippen LogP contribution is 2.39. The van der Waals surface area contributed by atoms with Gasteiger partial charge in [-0.05, 0) is 92.2 Å². The molecule has 3 aliphatic rings. The number of carbonyl (C=O) groups is 1. The van der Waals surface area contributed by atoms with Gasteiger partial charge in [0.15, 0.2) is 0 Å². The number of fused-ring (bicyclic) bond motifs is 4. The molecule has 3 aromatic carbocycles. The van der Waals surface area contributed by atoms with Gasteiger partial charge in [-0.15, -0.1) is 0 Å². The minimum Gasteiger partial charge on any atom is -0.506 e. The van der Waals surface area contributed by atoms with E-state index in [1.807, 2.05) is 54.6 Å². The van der Waals surface area contributed by atoms with Gasteiger partial charge in [-0.1, -0.05) is 61.4 Å². The summed E-state index contributed by atoms with van der Waals surface area (Å²) in [5.74, 6) is 1.10. The number of benzene rings is 3. The van der Waals surface area contributed by atoms with Crippen LogP contribution in [0.1, 0.15) is 67.4 Å². The highest BCUT2D eigenvalue weighted by molar-refractivity contribution is 5.87. The van der Waals surface area contributed by atoms with Crippen LogP contribution < -0.4 is 15.6 Å². The van der Waals surface area contributed by atoms with Crippen LogP contribution in [0.4, 0.5) is 4.79 Å². The molecule has 3 aliphatic heterocycles. The molecule has 4 aromatic rings. The average Bonchev–Trinajstić information content (AvgIpc) is 3.11. The fourth-order valence-corrected chi connectivity index (χ4v) is 7.41. The number of aromatic hydroxyl groups is 1. The van der Waals surface area contributed by atoms with Crippen molar-refractivity contribution in [3.05, 3.63) is 106 Å². The first kappa shape index (κ1) is 33.5. The highest BCUT2D eigenvalue weighted by atomic mass is 16.5. The Morgan fingerprint density at radius 1 is 0.958 bits per heavy atom. The molecule has 48 heavy (non-hydrogen) atoms. The van der Waals surface area contributed by atoms with Crippen molar-refractivity contribution in [3.8, 4) is 11.5 Å². The van der Waals surface area contributed by atoms with Crippen LogP contribution in [0.25, 0.3) is 10.9 Å². The minimum atomic E-state index is -0.885. The molecule has 254 valence electrons. The maximum Gasteiger partial charge on any atom is 0.408 e. The van der Waals surface area contributed by atoms with Gasteiger partial charge >= 0.3 is 6.09 Å². The number of amides is 1. The molecule has 0 saturated carbocycles. The third-order valence-electron chi connectivity index (χ3n) is 9.89. The number of ether oxygens (including phenoxy) is 1. The first-order chi connectivity index (χ1) is 23.4. The van der Waals surface area contributed by atoms with Gasteiger partial charge in [0.1, 0.15) is 11.5 Å². The number of phenolic OH excluding ortho intramolecular Hbond substituents is 1. The van der Waals surface area contributed by atoms with Crippen LogP contribution in [0.3, 0.4) is 0 Å². The van der Waals surface area contributed by atoms with Gasteiger partial charge in [-0.2, -0.15) is 0 Å². The fraction of sp³-hybridized carbons (Fsp3) is 0.421. The largest absolute Gasteiger partial charge is 0.506 e. The SMILES string of the molecule is O=C(O)N(C(c1ccccc1)c1cccc(OCCCCCCNC[C@@H](O)c2ccc(O)c3[nH]c(=O)ccc23)c1)[C@H]1CN2CCC1CC2. The lowest BCUT2D eigenvalue weighted by atomic mass is 9.81. The normalized spacial score (nSPS) is 20.0. The summed E-state index contributed by atoms with van der Waals surface area (Å²) in [7, 11) is 0. The Hall–Kier alpha value is -4.38. The molecule has 0 aliphatic carbocycles. The Bertz CT molecular complexity index is 1720. The number of aliphatic hydroxyl groups is 1. The number of piperidine rings is 3. The van der Waals surface area contributed by atoms with Crippen LogP contribution in [0, 0.1) is 5.92 Å². The van der Waals surface area contributed by atoms with E-state index in [1.54, 1.807) is 17.0 Å². The molecule has 1 aromatic heterocycles. The molecular formula is C38H46N4O6. The Balaban J connectivity index is 0.980. The molecule has 10 nitrogen and oxygen atoms in total. The van der Waals surface area contributed by atoms with Crippen LogP contribution in [-0.2, 0) is 0 Å². The summed E-state index contributed by atoms with van der Waals surface area (Å²) in [5, 5.41) is 35.3. The first-order valence-electron chi connectivity index (χ1n) is 17.1. The maximum absolute atomic E-state index is 12.9. The predicted molar refractivity (Wildman–Crippen MR) is 186 cm³/mol. The topological polar surface area (TPSA) is 138 Å². The predicted octanol–water partition coefficient (Wildman–Crippen LogP) is 5.66. The molecule has 4 heterocycles.